The fourth-order valence-electron chi connectivity index (χ4n) is 1.40. The molecular weight excluding hydrogens is 296 g/mol. The number of hydrogen-bond acceptors (Lipinski definition) is 4. The van der Waals surface area contributed by atoms with Gasteiger partial charge in [-0.25, -0.2) is 0 Å². The van der Waals surface area contributed by atoms with E-state index >= 15 is 0 Å². The molecule has 0 heterocycles. The van der Waals surface area contributed by atoms with E-state index < -0.39 is 0 Å². The number of nitrogens with zero attached hydrogens (tertiary/aromatic N) is 1. The number of nitrogens with one attached hydrogen (secondary N) is 1. The molecule has 1 aromatic carbocycles. The van der Waals surface area contributed by atoms with Crippen LogP contribution in [0.1, 0.15) is 5.56 Å². The normalized spacial score (nSPS) is 11.1. The molecule has 0 aromatic heterocycles. The molecule has 0 amide bonds. The average Bonchev–Trinajstić information content (AvgIpc) is 2.30. The molecule has 0 atom stereocenters. The lowest BCUT2D eigenvalue weighted by molar-refractivity contribution is 0.119. The van der Waals surface area contributed by atoms with E-state index in [2.05, 4.69) is 26.1 Å². The lowest BCUT2D eigenvalue weighted by Crippen LogP contribution is -2.23. The van der Waals surface area contributed by atoms with Crippen LogP contribution in [0, 0.1) is 0 Å². The van der Waals surface area contributed by atoms with Crippen molar-refractivity contribution in [1.29, 1.82) is 0 Å². The van der Waals surface area contributed by atoms with Gasteiger partial charge in [0, 0.05) is 29.7 Å². The fourth-order valence-corrected chi connectivity index (χ4v) is 1.75. The standard InChI is InChI=1S/C13H21BrN2O2/c1-16(2)6-8-18-7-5-15-10-11-3-4-12(14)9-13(11)17/h3-4,9,15,17H,5-8,10H2,1-2H3. The molecule has 0 spiro atoms. The van der Waals surface area contributed by atoms with E-state index in [1.54, 1.807) is 6.07 Å². The van der Waals surface area contributed by atoms with Gasteiger partial charge in [-0.3, -0.25) is 0 Å². The van der Waals surface area contributed by atoms with Gasteiger partial charge in [0.05, 0.1) is 13.2 Å². The first kappa shape index (κ1) is 15.4. The van der Waals surface area contributed by atoms with Crippen LogP contribution < -0.4 is 5.32 Å². The second kappa shape index (κ2) is 8.48. The lowest BCUT2D eigenvalue weighted by atomic mass is 10.2. The number of hydrogen-bond donors (Lipinski definition) is 2. The average molecular weight is 317 g/mol. The Kier molecular flexibility index (Phi) is 7.27. The first-order chi connectivity index (χ1) is 8.59. The molecule has 0 aliphatic carbocycles. The molecule has 0 unspecified atom stereocenters. The van der Waals surface area contributed by atoms with Crippen LogP contribution in [0.5, 0.6) is 5.75 Å². The zero-order valence-corrected chi connectivity index (χ0v) is 12.5. The molecule has 5 heteroatoms. The van der Waals surface area contributed by atoms with Crippen LogP contribution in [0.2, 0.25) is 0 Å². The smallest absolute Gasteiger partial charge is 0.121 e. The topological polar surface area (TPSA) is 44.7 Å². The molecule has 0 fully saturated rings. The highest BCUT2D eigenvalue weighted by Crippen LogP contribution is 2.21. The number of rotatable bonds is 8. The van der Waals surface area contributed by atoms with Crippen molar-refractivity contribution >= 4 is 15.9 Å². The molecule has 18 heavy (non-hydrogen) atoms. The number of likely N-dealkylation sites (N-methyl/N-ethyl adjacent to an activating group) is 1. The van der Waals surface area contributed by atoms with Crippen molar-refractivity contribution in [3.8, 4) is 5.75 Å². The highest BCUT2D eigenvalue weighted by atomic mass is 79.9. The van der Waals surface area contributed by atoms with Crippen LogP contribution in [0.3, 0.4) is 0 Å². The van der Waals surface area contributed by atoms with Crippen LogP contribution in [0.15, 0.2) is 22.7 Å². The summed E-state index contributed by atoms with van der Waals surface area (Å²) in [7, 11) is 4.05. The van der Waals surface area contributed by atoms with E-state index in [0.717, 1.165) is 29.7 Å². The fraction of sp³-hybridized carbons (Fsp3) is 0.538. The second-order valence-electron chi connectivity index (χ2n) is 4.37. The van der Waals surface area contributed by atoms with Crippen molar-refractivity contribution in [2.24, 2.45) is 0 Å². The van der Waals surface area contributed by atoms with Crippen LogP contribution >= 0.6 is 15.9 Å². The number of phenolic OH excluding ortho intramolecular Hbond substituents is 1. The molecule has 0 saturated carbocycles. The number of phenols is 1. The van der Waals surface area contributed by atoms with E-state index in [1.807, 2.05) is 26.2 Å². The van der Waals surface area contributed by atoms with Crippen LogP contribution in [0.25, 0.3) is 0 Å². The van der Waals surface area contributed by atoms with Crippen molar-refractivity contribution in [2.45, 2.75) is 6.54 Å². The SMILES string of the molecule is CN(C)CCOCCNCc1ccc(Br)cc1O. The van der Waals surface area contributed by atoms with Gasteiger partial charge in [0.25, 0.3) is 0 Å². The molecule has 1 aromatic rings. The minimum absolute atomic E-state index is 0.311. The van der Waals surface area contributed by atoms with Crippen molar-refractivity contribution in [1.82, 2.24) is 10.2 Å². The molecule has 0 saturated heterocycles. The summed E-state index contributed by atoms with van der Waals surface area (Å²) in [6.45, 7) is 3.80. The Labute approximate surface area is 117 Å². The Bertz CT molecular complexity index is 359. The summed E-state index contributed by atoms with van der Waals surface area (Å²) in [6.07, 6.45) is 0. The molecule has 0 radical (unpaired) electrons. The van der Waals surface area contributed by atoms with Crippen molar-refractivity contribution in [3.05, 3.63) is 28.2 Å². The predicted molar refractivity (Wildman–Crippen MR) is 76.9 cm³/mol. The summed E-state index contributed by atoms with van der Waals surface area (Å²) in [5.74, 6) is 0.311. The minimum atomic E-state index is 0.311. The highest BCUT2D eigenvalue weighted by Gasteiger charge is 2.00. The largest absolute Gasteiger partial charge is 0.508 e. The van der Waals surface area contributed by atoms with Crippen molar-refractivity contribution in [3.63, 3.8) is 0 Å². The van der Waals surface area contributed by atoms with Gasteiger partial charge < -0.3 is 20.1 Å². The molecule has 1 rings (SSSR count). The van der Waals surface area contributed by atoms with Crippen LogP contribution in [-0.4, -0.2) is 50.4 Å². The highest BCUT2D eigenvalue weighted by molar-refractivity contribution is 9.10. The Hall–Kier alpha value is -0.620. The monoisotopic (exact) mass is 316 g/mol. The summed E-state index contributed by atoms with van der Waals surface area (Å²) in [6, 6.07) is 5.52. The van der Waals surface area contributed by atoms with Gasteiger partial charge in [0.2, 0.25) is 0 Å². The maximum absolute atomic E-state index is 9.69. The van der Waals surface area contributed by atoms with Crippen molar-refractivity contribution < 1.29 is 9.84 Å². The van der Waals surface area contributed by atoms with E-state index in [4.69, 9.17) is 4.74 Å². The number of ether oxygens (including phenoxy) is 1. The third-order valence-electron chi connectivity index (χ3n) is 2.47. The third-order valence-corrected chi connectivity index (χ3v) is 2.96. The summed E-state index contributed by atoms with van der Waals surface area (Å²) in [5.41, 5.74) is 0.895. The maximum atomic E-state index is 9.69. The minimum Gasteiger partial charge on any atom is -0.508 e. The van der Waals surface area contributed by atoms with Gasteiger partial charge in [0.15, 0.2) is 0 Å². The summed E-state index contributed by atoms with van der Waals surface area (Å²) >= 11 is 3.31. The van der Waals surface area contributed by atoms with Crippen LogP contribution in [-0.2, 0) is 11.3 Å². The Balaban J connectivity index is 2.11. The number of benzene rings is 1. The van der Waals surface area contributed by atoms with E-state index in [9.17, 15) is 5.11 Å². The Morgan fingerprint density at radius 2 is 2.11 bits per heavy atom. The number of aromatic hydroxyl groups is 1. The molecular formula is C13H21BrN2O2. The molecule has 0 aliphatic heterocycles. The van der Waals surface area contributed by atoms with Gasteiger partial charge in [-0.2, -0.15) is 0 Å². The quantitative estimate of drug-likeness (QED) is 0.718. The Morgan fingerprint density at radius 1 is 1.33 bits per heavy atom. The first-order valence-corrected chi connectivity index (χ1v) is 6.79. The molecule has 2 N–H and O–H groups in total. The first-order valence-electron chi connectivity index (χ1n) is 6.00. The van der Waals surface area contributed by atoms with E-state index in [-0.39, 0.29) is 0 Å². The van der Waals surface area contributed by atoms with Gasteiger partial charge >= 0.3 is 0 Å². The van der Waals surface area contributed by atoms with Gasteiger partial charge in [-0.15, -0.1) is 0 Å². The van der Waals surface area contributed by atoms with E-state index in [1.165, 1.54) is 0 Å². The lowest BCUT2D eigenvalue weighted by Gasteiger charge is -2.10. The van der Waals surface area contributed by atoms with Gasteiger partial charge in [0.1, 0.15) is 5.75 Å². The molecule has 0 bridgehead atoms. The summed E-state index contributed by atoms with van der Waals surface area (Å²) < 4.78 is 6.34. The van der Waals surface area contributed by atoms with Crippen LogP contribution in [0.4, 0.5) is 0 Å². The molecule has 4 nitrogen and oxygen atoms in total. The third kappa shape index (κ3) is 6.35. The Morgan fingerprint density at radius 3 is 2.78 bits per heavy atom. The van der Waals surface area contributed by atoms with E-state index in [0.29, 0.717) is 18.9 Å². The van der Waals surface area contributed by atoms with Gasteiger partial charge in [-0.05, 0) is 26.2 Å². The predicted octanol–water partition coefficient (Wildman–Crippen LogP) is 1.82. The second-order valence-corrected chi connectivity index (χ2v) is 5.28. The zero-order valence-electron chi connectivity index (χ0n) is 10.9. The summed E-state index contributed by atoms with van der Waals surface area (Å²) in [4.78, 5) is 2.09. The van der Waals surface area contributed by atoms with Gasteiger partial charge in [-0.1, -0.05) is 22.0 Å². The zero-order chi connectivity index (χ0) is 13.4. The summed E-state index contributed by atoms with van der Waals surface area (Å²) in [5, 5.41) is 12.9. The maximum Gasteiger partial charge on any atom is 0.121 e. The molecule has 0 aliphatic rings. The van der Waals surface area contributed by atoms with Crippen molar-refractivity contribution in [2.75, 3.05) is 40.4 Å². The molecule has 102 valence electrons. The number of halogens is 1.